The molecule has 0 saturated carbocycles. The Hall–Kier alpha value is -3.84. The average Bonchev–Trinajstić information content (AvgIpc) is 3.37. The van der Waals surface area contributed by atoms with Gasteiger partial charge in [0.05, 0.1) is 18.2 Å². The second-order valence-corrected chi connectivity index (χ2v) is 8.45. The van der Waals surface area contributed by atoms with Crippen LogP contribution in [0, 0.1) is 6.92 Å². The third-order valence-electron chi connectivity index (χ3n) is 6.43. The number of para-hydroxylation sites is 2. The Morgan fingerprint density at radius 1 is 1.06 bits per heavy atom. The van der Waals surface area contributed by atoms with Gasteiger partial charge in [0, 0.05) is 46.9 Å². The van der Waals surface area contributed by atoms with E-state index in [0.717, 1.165) is 42.1 Å². The summed E-state index contributed by atoms with van der Waals surface area (Å²) >= 11 is 0. The molecule has 0 fully saturated rings. The molecule has 4 rings (SSSR count). The Morgan fingerprint density at radius 3 is 2.46 bits per heavy atom. The maximum absolute atomic E-state index is 13.4. The summed E-state index contributed by atoms with van der Waals surface area (Å²) in [4.78, 5) is 31.9. The summed E-state index contributed by atoms with van der Waals surface area (Å²) in [6.45, 7) is 9.29. The van der Waals surface area contributed by atoms with Crippen LogP contribution >= 0.6 is 0 Å². The molecule has 2 aromatic carbocycles. The number of rotatable bonds is 9. The molecule has 3 aromatic rings. The first-order chi connectivity index (χ1) is 17.0. The summed E-state index contributed by atoms with van der Waals surface area (Å²) in [7, 11) is 1.61. The summed E-state index contributed by atoms with van der Waals surface area (Å²) in [5.74, 6) is 0.321. The first-order valence-corrected chi connectivity index (χ1v) is 12.0. The van der Waals surface area contributed by atoms with E-state index in [-0.39, 0.29) is 11.8 Å². The zero-order valence-corrected chi connectivity index (χ0v) is 20.7. The van der Waals surface area contributed by atoms with Crippen molar-refractivity contribution in [3.8, 4) is 16.9 Å². The van der Waals surface area contributed by atoms with Crippen LogP contribution < -0.4 is 15.4 Å². The number of fused-ring (bicyclic) bond motifs is 1. The standard InChI is InChI=1S/C28H32N4O3/c1-5-32(6-2)16-15-29-28(34)25-18(3)30-23(26(25)20-12-8-10-14-24(20)35-4)17-21-19-11-7-9-13-22(19)31-27(21)33/h7-14,17,30H,5-6,15-16H2,1-4H3,(H,29,34)(H,31,33)/b21-17-. The van der Waals surface area contributed by atoms with Gasteiger partial charge in [-0.05, 0) is 38.2 Å². The number of carbonyl (C=O) groups excluding carboxylic acids is 2. The Bertz CT molecular complexity index is 1270. The molecule has 0 radical (unpaired) electrons. The van der Waals surface area contributed by atoms with Crippen LogP contribution in [0.15, 0.2) is 48.5 Å². The maximum Gasteiger partial charge on any atom is 0.256 e. The third kappa shape index (κ3) is 4.86. The van der Waals surface area contributed by atoms with Gasteiger partial charge in [-0.15, -0.1) is 0 Å². The van der Waals surface area contributed by atoms with Crippen molar-refractivity contribution in [1.82, 2.24) is 15.2 Å². The minimum atomic E-state index is -0.172. The second-order valence-electron chi connectivity index (χ2n) is 8.45. The molecule has 0 spiro atoms. The highest BCUT2D eigenvalue weighted by Crippen LogP contribution is 2.39. The predicted molar refractivity (Wildman–Crippen MR) is 141 cm³/mol. The van der Waals surface area contributed by atoms with E-state index in [1.807, 2.05) is 61.5 Å². The number of likely N-dealkylation sites (N-methyl/N-ethyl adjacent to an activating group) is 1. The Morgan fingerprint density at radius 2 is 1.74 bits per heavy atom. The van der Waals surface area contributed by atoms with E-state index >= 15 is 0 Å². The third-order valence-corrected chi connectivity index (χ3v) is 6.43. The monoisotopic (exact) mass is 472 g/mol. The van der Waals surface area contributed by atoms with Gasteiger partial charge < -0.3 is 25.3 Å². The van der Waals surface area contributed by atoms with Crippen molar-refractivity contribution in [3.05, 3.63) is 71.0 Å². The SMILES string of the molecule is CCN(CC)CCNC(=O)c1c(C)[nH]c(/C=C2\C(=O)Nc3ccccc32)c1-c1ccccc1OC. The molecular weight excluding hydrogens is 440 g/mol. The fourth-order valence-corrected chi connectivity index (χ4v) is 4.55. The van der Waals surface area contributed by atoms with Gasteiger partial charge in [0.15, 0.2) is 0 Å². The van der Waals surface area contributed by atoms with Gasteiger partial charge in [-0.25, -0.2) is 0 Å². The average molecular weight is 473 g/mol. The normalized spacial score (nSPS) is 13.7. The molecule has 2 heterocycles. The molecule has 35 heavy (non-hydrogen) atoms. The number of aryl methyl sites for hydroxylation is 1. The number of hydrogen-bond acceptors (Lipinski definition) is 4. The molecule has 0 atom stereocenters. The molecule has 7 nitrogen and oxygen atoms in total. The van der Waals surface area contributed by atoms with E-state index in [1.54, 1.807) is 7.11 Å². The lowest BCUT2D eigenvalue weighted by atomic mass is 9.96. The molecule has 3 N–H and O–H groups in total. The van der Waals surface area contributed by atoms with Gasteiger partial charge in [0.2, 0.25) is 0 Å². The van der Waals surface area contributed by atoms with E-state index < -0.39 is 0 Å². The number of methoxy groups -OCH3 is 1. The Balaban J connectivity index is 1.80. The number of ether oxygens (including phenoxy) is 1. The van der Waals surface area contributed by atoms with Crippen molar-refractivity contribution >= 4 is 29.2 Å². The van der Waals surface area contributed by atoms with Gasteiger partial charge in [0.25, 0.3) is 11.8 Å². The number of amides is 2. The summed E-state index contributed by atoms with van der Waals surface area (Å²) in [6.07, 6.45) is 1.82. The maximum atomic E-state index is 13.4. The smallest absolute Gasteiger partial charge is 0.256 e. The minimum Gasteiger partial charge on any atom is -0.496 e. The van der Waals surface area contributed by atoms with Crippen LogP contribution in [0.25, 0.3) is 22.8 Å². The molecule has 1 aliphatic heterocycles. The Labute approximate surface area is 206 Å². The highest BCUT2D eigenvalue weighted by Gasteiger charge is 2.27. The zero-order chi connectivity index (χ0) is 24.9. The molecule has 2 amide bonds. The highest BCUT2D eigenvalue weighted by atomic mass is 16.5. The first-order valence-electron chi connectivity index (χ1n) is 12.0. The van der Waals surface area contributed by atoms with Crippen LogP contribution in [0.4, 0.5) is 5.69 Å². The first kappa shape index (κ1) is 24.3. The number of nitrogens with one attached hydrogen (secondary N) is 3. The number of aromatic amines is 1. The molecule has 182 valence electrons. The highest BCUT2D eigenvalue weighted by molar-refractivity contribution is 6.35. The summed E-state index contributed by atoms with van der Waals surface area (Å²) < 4.78 is 5.64. The molecule has 0 saturated heterocycles. The molecule has 1 aromatic heterocycles. The quantitative estimate of drug-likeness (QED) is 0.399. The van der Waals surface area contributed by atoms with E-state index in [2.05, 4.69) is 34.4 Å². The zero-order valence-electron chi connectivity index (χ0n) is 20.7. The minimum absolute atomic E-state index is 0.160. The fourth-order valence-electron chi connectivity index (χ4n) is 4.55. The number of anilines is 1. The number of nitrogens with zero attached hydrogens (tertiary/aromatic N) is 1. The van der Waals surface area contributed by atoms with Crippen molar-refractivity contribution in [2.75, 3.05) is 38.6 Å². The molecule has 0 aliphatic carbocycles. The van der Waals surface area contributed by atoms with Gasteiger partial charge >= 0.3 is 0 Å². The van der Waals surface area contributed by atoms with Crippen molar-refractivity contribution < 1.29 is 14.3 Å². The molecule has 7 heteroatoms. The van der Waals surface area contributed by atoms with E-state index in [0.29, 0.717) is 34.7 Å². The van der Waals surface area contributed by atoms with Crippen LogP contribution in [0.2, 0.25) is 0 Å². The van der Waals surface area contributed by atoms with Crippen LogP contribution in [0.5, 0.6) is 5.75 Å². The van der Waals surface area contributed by atoms with Gasteiger partial charge in [-0.3, -0.25) is 9.59 Å². The van der Waals surface area contributed by atoms with Crippen molar-refractivity contribution in [2.24, 2.45) is 0 Å². The van der Waals surface area contributed by atoms with Gasteiger partial charge in [-0.2, -0.15) is 0 Å². The van der Waals surface area contributed by atoms with Crippen LogP contribution in [-0.2, 0) is 4.79 Å². The number of carbonyl (C=O) groups is 2. The lowest BCUT2D eigenvalue weighted by molar-refractivity contribution is -0.110. The summed E-state index contributed by atoms with van der Waals surface area (Å²) in [5, 5.41) is 5.99. The predicted octanol–water partition coefficient (Wildman–Crippen LogP) is 4.56. The largest absolute Gasteiger partial charge is 0.496 e. The fraction of sp³-hybridized carbons (Fsp3) is 0.286. The lowest BCUT2D eigenvalue weighted by Crippen LogP contribution is -2.35. The molecule has 1 aliphatic rings. The molecule has 0 bridgehead atoms. The lowest BCUT2D eigenvalue weighted by Gasteiger charge is -2.18. The number of aromatic nitrogens is 1. The van der Waals surface area contributed by atoms with E-state index in [9.17, 15) is 9.59 Å². The number of H-pyrrole nitrogens is 1. The second kappa shape index (κ2) is 10.6. The van der Waals surface area contributed by atoms with Gasteiger partial charge in [0.1, 0.15) is 5.75 Å². The van der Waals surface area contributed by atoms with Crippen molar-refractivity contribution in [3.63, 3.8) is 0 Å². The van der Waals surface area contributed by atoms with Crippen LogP contribution in [-0.4, -0.2) is 55.0 Å². The van der Waals surface area contributed by atoms with Crippen LogP contribution in [0.3, 0.4) is 0 Å². The molecule has 0 unspecified atom stereocenters. The summed E-state index contributed by atoms with van der Waals surface area (Å²) in [5.41, 5.74) is 5.62. The van der Waals surface area contributed by atoms with E-state index in [1.165, 1.54) is 0 Å². The van der Waals surface area contributed by atoms with E-state index in [4.69, 9.17) is 4.74 Å². The number of hydrogen-bond donors (Lipinski definition) is 3. The molecular formula is C28H32N4O3. The van der Waals surface area contributed by atoms with Gasteiger partial charge in [-0.1, -0.05) is 50.2 Å². The van der Waals surface area contributed by atoms with Crippen LogP contribution in [0.1, 0.15) is 41.2 Å². The topological polar surface area (TPSA) is 86.5 Å². The number of benzene rings is 2. The van der Waals surface area contributed by atoms with Crippen molar-refractivity contribution in [1.29, 1.82) is 0 Å². The van der Waals surface area contributed by atoms with Crippen molar-refractivity contribution in [2.45, 2.75) is 20.8 Å². The Kier molecular flexibility index (Phi) is 7.36. The summed E-state index contributed by atoms with van der Waals surface area (Å²) in [6, 6.07) is 15.2.